The standard InChI is InChI=1S/C13H16F3NO5S2/c1-2-17(10-6-7-23(18,19)9-10)24(20,21)12-5-3-4-11(8-12)22-13(14,15)16/h3-5,8,10H,2,6-7,9H2,1H3. The number of ether oxygens (including phenoxy) is 1. The van der Waals surface area contributed by atoms with Crippen LogP contribution in [-0.4, -0.2) is 51.6 Å². The lowest BCUT2D eigenvalue weighted by Crippen LogP contribution is -2.40. The highest BCUT2D eigenvalue weighted by atomic mass is 32.2. The average molecular weight is 387 g/mol. The van der Waals surface area contributed by atoms with E-state index in [1.807, 2.05) is 0 Å². The maximum absolute atomic E-state index is 12.7. The number of rotatable bonds is 5. The number of halogens is 3. The molecule has 0 saturated carbocycles. The minimum atomic E-state index is -4.94. The molecule has 1 saturated heterocycles. The fourth-order valence-corrected chi connectivity index (χ4v) is 6.12. The van der Waals surface area contributed by atoms with Gasteiger partial charge in [-0.15, -0.1) is 13.2 Å². The summed E-state index contributed by atoms with van der Waals surface area (Å²) in [7, 11) is -7.45. The number of benzene rings is 1. The quantitative estimate of drug-likeness (QED) is 0.769. The molecule has 1 aromatic carbocycles. The van der Waals surface area contributed by atoms with Crippen LogP contribution in [0.5, 0.6) is 5.75 Å². The Hall–Kier alpha value is -1.33. The number of hydrogen-bond donors (Lipinski definition) is 0. The van der Waals surface area contributed by atoms with Crippen molar-refractivity contribution in [3.8, 4) is 5.75 Å². The molecule has 0 radical (unpaired) electrons. The molecule has 11 heteroatoms. The monoisotopic (exact) mass is 387 g/mol. The molecule has 1 aliphatic heterocycles. The second kappa shape index (κ2) is 6.52. The summed E-state index contributed by atoms with van der Waals surface area (Å²) >= 11 is 0. The maximum Gasteiger partial charge on any atom is 0.573 e. The highest BCUT2D eigenvalue weighted by Gasteiger charge is 2.38. The number of sulfone groups is 1. The molecule has 1 aliphatic rings. The average Bonchev–Trinajstić information content (AvgIpc) is 2.77. The Balaban J connectivity index is 2.33. The molecule has 1 aromatic rings. The molecule has 0 aliphatic carbocycles. The number of sulfonamides is 1. The SMILES string of the molecule is CCN(C1CCS(=O)(=O)C1)S(=O)(=O)c1cccc(OC(F)(F)F)c1. The molecule has 136 valence electrons. The second-order valence-corrected chi connectivity index (χ2v) is 9.41. The van der Waals surface area contributed by atoms with Crippen molar-refractivity contribution in [3.05, 3.63) is 24.3 Å². The summed E-state index contributed by atoms with van der Waals surface area (Å²) in [6.45, 7) is 1.55. The fraction of sp³-hybridized carbons (Fsp3) is 0.538. The van der Waals surface area contributed by atoms with Crippen LogP contribution in [0.2, 0.25) is 0 Å². The van der Waals surface area contributed by atoms with Crippen molar-refractivity contribution in [1.82, 2.24) is 4.31 Å². The van der Waals surface area contributed by atoms with E-state index in [0.717, 1.165) is 28.6 Å². The van der Waals surface area contributed by atoms with E-state index < -0.39 is 38.0 Å². The molecule has 2 rings (SSSR count). The van der Waals surface area contributed by atoms with Crippen molar-refractivity contribution in [3.63, 3.8) is 0 Å². The fourth-order valence-electron chi connectivity index (χ4n) is 2.59. The third kappa shape index (κ3) is 4.39. The van der Waals surface area contributed by atoms with Crippen molar-refractivity contribution in [2.75, 3.05) is 18.1 Å². The first-order chi connectivity index (χ1) is 10.9. The van der Waals surface area contributed by atoms with Gasteiger partial charge in [-0.05, 0) is 18.6 Å². The molecule has 1 unspecified atom stereocenters. The summed E-state index contributed by atoms with van der Waals surface area (Å²) in [6, 6.07) is 3.31. The minimum absolute atomic E-state index is 0.00682. The molecule has 0 aromatic heterocycles. The second-order valence-electron chi connectivity index (χ2n) is 5.29. The van der Waals surface area contributed by atoms with Crippen molar-refractivity contribution in [2.45, 2.75) is 30.6 Å². The summed E-state index contributed by atoms with van der Waals surface area (Å²) < 4.78 is 90.1. The van der Waals surface area contributed by atoms with Gasteiger partial charge in [-0.3, -0.25) is 0 Å². The number of nitrogens with zero attached hydrogens (tertiary/aromatic N) is 1. The van der Waals surface area contributed by atoms with Gasteiger partial charge < -0.3 is 4.74 Å². The molecule has 24 heavy (non-hydrogen) atoms. The zero-order chi connectivity index (χ0) is 18.2. The molecule has 6 nitrogen and oxygen atoms in total. The molecule has 1 atom stereocenters. The third-order valence-corrected chi connectivity index (χ3v) is 7.35. The Morgan fingerprint density at radius 3 is 2.50 bits per heavy atom. The summed E-state index contributed by atoms with van der Waals surface area (Å²) in [5.74, 6) is -1.06. The van der Waals surface area contributed by atoms with E-state index in [1.54, 1.807) is 6.92 Å². The first kappa shape index (κ1) is 19.0. The minimum Gasteiger partial charge on any atom is -0.406 e. The predicted molar refractivity (Wildman–Crippen MR) is 79.7 cm³/mol. The Bertz CT molecular complexity index is 805. The first-order valence-electron chi connectivity index (χ1n) is 7.03. The molecule has 0 amide bonds. The Morgan fingerprint density at radius 1 is 1.33 bits per heavy atom. The molecular weight excluding hydrogens is 371 g/mol. The molecule has 0 N–H and O–H groups in total. The van der Waals surface area contributed by atoms with Crippen LogP contribution in [0.3, 0.4) is 0 Å². The lowest BCUT2D eigenvalue weighted by atomic mass is 10.3. The van der Waals surface area contributed by atoms with Crippen LogP contribution in [0.4, 0.5) is 13.2 Å². The van der Waals surface area contributed by atoms with Crippen LogP contribution in [0, 0.1) is 0 Å². The molecular formula is C13H16F3NO5S2. The normalized spacial score (nSPS) is 21.1. The summed E-state index contributed by atoms with van der Waals surface area (Å²) in [5, 5.41) is 0. The number of hydrogen-bond acceptors (Lipinski definition) is 5. The van der Waals surface area contributed by atoms with Crippen molar-refractivity contribution in [2.24, 2.45) is 0 Å². The zero-order valence-electron chi connectivity index (χ0n) is 12.7. The van der Waals surface area contributed by atoms with Crippen molar-refractivity contribution in [1.29, 1.82) is 0 Å². The maximum atomic E-state index is 12.7. The smallest absolute Gasteiger partial charge is 0.406 e. The summed E-state index contributed by atoms with van der Waals surface area (Å²) in [4.78, 5) is -0.379. The molecule has 1 heterocycles. The van der Waals surface area contributed by atoms with E-state index in [0.29, 0.717) is 0 Å². The van der Waals surface area contributed by atoms with Gasteiger partial charge in [0.15, 0.2) is 9.84 Å². The van der Waals surface area contributed by atoms with Gasteiger partial charge in [-0.2, -0.15) is 4.31 Å². The van der Waals surface area contributed by atoms with Crippen LogP contribution in [-0.2, 0) is 19.9 Å². The van der Waals surface area contributed by atoms with Gasteiger partial charge in [0.2, 0.25) is 10.0 Å². The highest BCUT2D eigenvalue weighted by molar-refractivity contribution is 7.92. The lowest BCUT2D eigenvalue weighted by Gasteiger charge is -2.26. The highest BCUT2D eigenvalue weighted by Crippen LogP contribution is 2.29. The molecule has 0 bridgehead atoms. The van der Waals surface area contributed by atoms with Crippen LogP contribution >= 0.6 is 0 Å². The van der Waals surface area contributed by atoms with E-state index in [-0.39, 0.29) is 29.4 Å². The predicted octanol–water partition coefficient (Wildman–Crippen LogP) is 1.78. The summed E-state index contributed by atoms with van der Waals surface area (Å²) in [6.07, 6.45) is -4.78. The van der Waals surface area contributed by atoms with E-state index in [9.17, 15) is 30.0 Å². The number of alkyl halides is 3. The Morgan fingerprint density at radius 2 is 2.00 bits per heavy atom. The largest absolute Gasteiger partial charge is 0.573 e. The Labute approximate surface area is 138 Å². The Kier molecular flexibility index (Phi) is 5.17. The molecule has 1 fully saturated rings. The van der Waals surface area contributed by atoms with Gasteiger partial charge in [-0.1, -0.05) is 13.0 Å². The van der Waals surface area contributed by atoms with Gasteiger partial charge in [0.05, 0.1) is 16.4 Å². The lowest BCUT2D eigenvalue weighted by molar-refractivity contribution is -0.274. The van der Waals surface area contributed by atoms with Gasteiger partial charge in [0.25, 0.3) is 0 Å². The molecule has 0 spiro atoms. The van der Waals surface area contributed by atoms with E-state index in [4.69, 9.17) is 0 Å². The van der Waals surface area contributed by atoms with E-state index >= 15 is 0 Å². The van der Waals surface area contributed by atoms with Gasteiger partial charge >= 0.3 is 6.36 Å². The third-order valence-electron chi connectivity index (χ3n) is 3.57. The van der Waals surface area contributed by atoms with Gasteiger partial charge in [0.1, 0.15) is 5.75 Å². The van der Waals surface area contributed by atoms with E-state index in [2.05, 4.69) is 4.74 Å². The van der Waals surface area contributed by atoms with Crippen LogP contribution in [0.15, 0.2) is 29.2 Å². The van der Waals surface area contributed by atoms with Gasteiger partial charge in [0, 0.05) is 18.7 Å². The zero-order valence-corrected chi connectivity index (χ0v) is 14.3. The first-order valence-corrected chi connectivity index (χ1v) is 10.3. The summed E-state index contributed by atoms with van der Waals surface area (Å²) in [5.41, 5.74) is 0. The van der Waals surface area contributed by atoms with Crippen molar-refractivity contribution >= 4 is 19.9 Å². The van der Waals surface area contributed by atoms with Crippen LogP contribution < -0.4 is 4.74 Å². The van der Waals surface area contributed by atoms with E-state index in [1.165, 1.54) is 0 Å². The van der Waals surface area contributed by atoms with Crippen LogP contribution in [0.1, 0.15) is 13.3 Å². The topological polar surface area (TPSA) is 80.8 Å². The van der Waals surface area contributed by atoms with Gasteiger partial charge in [-0.25, -0.2) is 16.8 Å². The van der Waals surface area contributed by atoms with Crippen molar-refractivity contribution < 1.29 is 34.7 Å². The van der Waals surface area contributed by atoms with Crippen LogP contribution in [0.25, 0.3) is 0 Å².